The van der Waals surface area contributed by atoms with Crippen LogP contribution in [-0.2, 0) is 14.8 Å². The predicted molar refractivity (Wildman–Crippen MR) is 157 cm³/mol. The average molecular weight is 623 g/mol. The zero-order chi connectivity index (χ0) is 31.2. The summed E-state index contributed by atoms with van der Waals surface area (Å²) in [6, 6.07) is 9.00. The molecule has 2 aromatic carbocycles. The standard InChI is InChI=1S/C29H25F3N8O3S/c1-15-19(13-34-28(33)36-15)27-16(2)40(10-11-43-27)29-35-14-24-22(38-29)9-8-21(37-24)18-4-3-5-23(26(18)32)39-44(41,42)25-12-17(30)6-7-20(25)31/h3-9,12-14,16,27,39H,10-11H2,1-2H3,(H2,33,34,36)/t16?,27-/m1/s1. The first-order chi connectivity index (χ1) is 21.0. The second-order valence-electron chi connectivity index (χ2n) is 10.1. The first-order valence-electron chi connectivity index (χ1n) is 13.4. The van der Waals surface area contributed by atoms with E-state index in [1.54, 1.807) is 18.3 Å². The molecule has 1 aliphatic rings. The van der Waals surface area contributed by atoms with Crippen LogP contribution in [0.4, 0.5) is 30.8 Å². The van der Waals surface area contributed by atoms with Crippen molar-refractivity contribution in [3.63, 3.8) is 0 Å². The number of nitrogens with one attached hydrogen (secondary N) is 1. The van der Waals surface area contributed by atoms with Crippen molar-refractivity contribution in [1.29, 1.82) is 0 Å². The molecule has 0 aliphatic carbocycles. The number of hydrogen-bond acceptors (Lipinski definition) is 10. The van der Waals surface area contributed by atoms with Gasteiger partial charge in [0.15, 0.2) is 5.82 Å². The Labute approximate surface area is 250 Å². The largest absolute Gasteiger partial charge is 0.369 e. The maximum atomic E-state index is 15.6. The number of nitrogens with zero attached hydrogens (tertiary/aromatic N) is 6. The number of morpholine rings is 1. The van der Waals surface area contributed by atoms with Gasteiger partial charge in [0.1, 0.15) is 28.2 Å². The van der Waals surface area contributed by atoms with Crippen LogP contribution < -0.4 is 15.4 Å². The van der Waals surface area contributed by atoms with Gasteiger partial charge >= 0.3 is 0 Å². The van der Waals surface area contributed by atoms with Gasteiger partial charge in [-0.1, -0.05) is 6.07 Å². The molecule has 2 atom stereocenters. The molecule has 15 heteroatoms. The Hall–Kier alpha value is -4.89. The molecular weight excluding hydrogens is 597 g/mol. The van der Waals surface area contributed by atoms with Gasteiger partial charge in [0.05, 0.1) is 35.7 Å². The number of fused-ring (bicyclic) bond motifs is 1. The number of rotatable bonds is 6. The minimum atomic E-state index is -4.64. The number of nitrogen functional groups attached to an aromatic ring is 1. The number of aromatic nitrogens is 5. The van der Waals surface area contributed by atoms with Crippen LogP contribution in [0.5, 0.6) is 0 Å². The Morgan fingerprint density at radius 1 is 1.00 bits per heavy atom. The summed E-state index contributed by atoms with van der Waals surface area (Å²) in [5.74, 6) is -2.45. The van der Waals surface area contributed by atoms with Gasteiger partial charge in [-0.25, -0.2) is 46.5 Å². The maximum absolute atomic E-state index is 15.6. The van der Waals surface area contributed by atoms with E-state index in [9.17, 15) is 17.2 Å². The number of aryl methyl sites for hydroxylation is 1. The van der Waals surface area contributed by atoms with Gasteiger partial charge in [-0.3, -0.25) is 4.72 Å². The van der Waals surface area contributed by atoms with Crippen LogP contribution in [-0.4, -0.2) is 52.5 Å². The summed E-state index contributed by atoms with van der Waals surface area (Å²) < 4.78 is 76.8. The van der Waals surface area contributed by atoms with Gasteiger partial charge in [0.2, 0.25) is 11.9 Å². The number of nitrogens with two attached hydrogens (primary N) is 1. The lowest BCUT2D eigenvalue weighted by Gasteiger charge is -2.39. The monoisotopic (exact) mass is 622 g/mol. The Balaban J connectivity index is 1.27. The third kappa shape index (κ3) is 5.46. The highest BCUT2D eigenvalue weighted by atomic mass is 32.2. The van der Waals surface area contributed by atoms with E-state index in [1.165, 1.54) is 24.4 Å². The molecule has 5 aromatic rings. The first-order valence-corrected chi connectivity index (χ1v) is 14.9. The van der Waals surface area contributed by atoms with Crippen LogP contribution in [0.2, 0.25) is 0 Å². The second kappa shape index (κ2) is 11.3. The van der Waals surface area contributed by atoms with Crippen LogP contribution in [0.1, 0.15) is 24.3 Å². The number of halogens is 3. The lowest BCUT2D eigenvalue weighted by molar-refractivity contribution is 0.0131. The predicted octanol–water partition coefficient (Wildman–Crippen LogP) is 4.56. The summed E-state index contributed by atoms with van der Waals surface area (Å²) in [6.45, 7) is 4.79. The molecule has 0 saturated carbocycles. The molecule has 6 rings (SSSR count). The van der Waals surface area contributed by atoms with Gasteiger partial charge < -0.3 is 15.4 Å². The van der Waals surface area contributed by atoms with Gasteiger partial charge in [0.25, 0.3) is 10.0 Å². The van der Waals surface area contributed by atoms with Crippen molar-refractivity contribution in [1.82, 2.24) is 24.9 Å². The zero-order valence-corrected chi connectivity index (χ0v) is 24.2. The highest BCUT2D eigenvalue weighted by molar-refractivity contribution is 7.92. The van der Waals surface area contributed by atoms with E-state index in [4.69, 9.17) is 10.5 Å². The molecule has 44 heavy (non-hydrogen) atoms. The maximum Gasteiger partial charge on any atom is 0.265 e. The minimum absolute atomic E-state index is 0.0263. The lowest BCUT2D eigenvalue weighted by Crippen LogP contribution is -2.46. The molecule has 0 spiro atoms. The normalized spacial score (nSPS) is 17.2. The number of pyridine rings is 1. The summed E-state index contributed by atoms with van der Waals surface area (Å²) >= 11 is 0. The number of sulfonamides is 1. The molecule has 226 valence electrons. The fourth-order valence-electron chi connectivity index (χ4n) is 5.08. The SMILES string of the molecule is Cc1nc(N)ncc1[C@@H]1OCCN(c2ncc3nc(-c4cccc(NS(=O)(=O)c5cc(F)ccc5F)c4F)ccc3n2)C1C. The molecule has 1 saturated heterocycles. The first kappa shape index (κ1) is 29.2. The summed E-state index contributed by atoms with van der Waals surface area (Å²) in [5.41, 5.74) is 7.82. The van der Waals surface area contributed by atoms with Crippen LogP contribution in [0.15, 0.2) is 65.8 Å². The van der Waals surface area contributed by atoms with Crippen molar-refractivity contribution >= 4 is 38.6 Å². The van der Waals surface area contributed by atoms with E-state index < -0.39 is 38.1 Å². The lowest BCUT2D eigenvalue weighted by atomic mass is 10.0. The van der Waals surface area contributed by atoms with E-state index >= 15 is 4.39 Å². The molecule has 3 N–H and O–H groups in total. The van der Waals surface area contributed by atoms with E-state index in [1.807, 2.05) is 23.5 Å². The number of anilines is 3. The summed E-state index contributed by atoms with van der Waals surface area (Å²) in [5, 5.41) is 0. The molecule has 0 amide bonds. The third-order valence-electron chi connectivity index (χ3n) is 7.29. The summed E-state index contributed by atoms with van der Waals surface area (Å²) in [4.78, 5) is 23.1. The molecule has 1 fully saturated rings. The van der Waals surface area contributed by atoms with Crippen LogP contribution in [0.25, 0.3) is 22.3 Å². The average Bonchev–Trinajstić information content (AvgIpc) is 2.99. The van der Waals surface area contributed by atoms with Gasteiger partial charge in [0, 0.05) is 29.6 Å². The van der Waals surface area contributed by atoms with Crippen molar-refractivity contribution in [2.75, 3.05) is 28.5 Å². The summed E-state index contributed by atoms with van der Waals surface area (Å²) in [6.07, 6.45) is 2.84. The Morgan fingerprint density at radius 2 is 1.82 bits per heavy atom. The third-order valence-corrected chi connectivity index (χ3v) is 8.67. The Morgan fingerprint density at radius 3 is 2.61 bits per heavy atom. The van der Waals surface area contributed by atoms with Crippen LogP contribution in [0.3, 0.4) is 0 Å². The molecule has 1 unspecified atom stereocenters. The Bertz CT molecular complexity index is 2010. The Kier molecular flexibility index (Phi) is 7.51. The molecular formula is C29H25F3N8O3S. The highest BCUT2D eigenvalue weighted by Gasteiger charge is 2.33. The molecule has 0 bridgehead atoms. The van der Waals surface area contributed by atoms with Gasteiger partial charge in [-0.2, -0.15) is 0 Å². The topological polar surface area (TPSA) is 149 Å². The minimum Gasteiger partial charge on any atom is -0.369 e. The molecule has 4 heterocycles. The number of ether oxygens (including phenoxy) is 1. The second-order valence-corrected chi connectivity index (χ2v) is 11.8. The van der Waals surface area contributed by atoms with Gasteiger partial charge in [-0.15, -0.1) is 0 Å². The van der Waals surface area contributed by atoms with E-state index in [0.717, 1.165) is 17.3 Å². The fraction of sp³-hybridized carbons (Fsp3) is 0.207. The zero-order valence-electron chi connectivity index (χ0n) is 23.4. The number of hydrogen-bond donors (Lipinski definition) is 2. The van der Waals surface area contributed by atoms with Crippen molar-refractivity contribution in [2.45, 2.75) is 30.9 Å². The van der Waals surface area contributed by atoms with Gasteiger partial charge in [-0.05, 0) is 56.3 Å². The quantitative estimate of drug-likeness (QED) is 0.276. The molecule has 1 aliphatic heterocycles. The highest BCUT2D eigenvalue weighted by Crippen LogP contribution is 2.33. The van der Waals surface area contributed by atoms with Crippen molar-refractivity contribution < 1.29 is 26.3 Å². The summed E-state index contributed by atoms with van der Waals surface area (Å²) in [7, 11) is -4.64. The smallest absolute Gasteiger partial charge is 0.265 e. The van der Waals surface area contributed by atoms with Crippen LogP contribution in [0, 0.1) is 24.4 Å². The molecule has 11 nitrogen and oxygen atoms in total. The van der Waals surface area contributed by atoms with Crippen molar-refractivity contribution in [2.24, 2.45) is 0 Å². The van der Waals surface area contributed by atoms with E-state index in [0.29, 0.717) is 42.3 Å². The number of benzene rings is 2. The van der Waals surface area contributed by atoms with Crippen molar-refractivity contribution in [3.8, 4) is 11.3 Å². The van der Waals surface area contributed by atoms with Crippen molar-refractivity contribution in [3.05, 3.63) is 89.6 Å². The van der Waals surface area contributed by atoms with E-state index in [2.05, 4.69) is 24.9 Å². The van der Waals surface area contributed by atoms with E-state index in [-0.39, 0.29) is 29.4 Å². The fourth-order valence-corrected chi connectivity index (χ4v) is 6.23. The molecule has 3 aromatic heterocycles. The molecule has 0 radical (unpaired) electrons. The van der Waals surface area contributed by atoms with Crippen LogP contribution >= 0.6 is 0 Å².